The van der Waals surface area contributed by atoms with Gasteiger partial charge in [0.2, 0.25) is 0 Å². The van der Waals surface area contributed by atoms with Crippen LogP contribution in [0.5, 0.6) is 0 Å². The Morgan fingerprint density at radius 2 is 2.18 bits per heavy atom. The molecule has 1 aromatic rings. The van der Waals surface area contributed by atoms with Gasteiger partial charge < -0.3 is 15.1 Å². The smallest absolute Gasteiger partial charge is 0.0772 e. The Labute approximate surface area is 110 Å². The summed E-state index contributed by atoms with van der Waals surface area (Å²) >= 11 is 3.49. The SMILES string of the molecule is C[C@@H](O)c1ccc(N(CCO)C2CC2)cc1Br. The molecule has 0 radical (unpaired) electrons. The molecule has 1 aromatic carbocycles. The summed E-state index contributed by atoms with van der Waals surface area (Å²) in [5.74, 6) is 0. The zero-order valence-corrected chi connectivity index (χ0v) is 11.5. The molecule has 0 unspecified atom stereocenters. The van der Waals surface area contributed by atoms with Gasteiger partial charge in [-0.05, 0) is 37.5 Å². The molecule has 0 amide bonds. The van der Waals surface area contributed by atoms with Gasteiger partial charge in [-0.25, -0.2) is 0 Å². The molecule has 1 aliphatic carbocycles. The number of benzene rings is 1. The van der Waals surface area contributed by atoms with Crippen molar-refractivity contribution in [2.45, 2.75) is 31.9 Å². The van der Waals surface area contributed by atoms with Crippen LogP contribution in [-0.4, -0.2) is 29.4 Å². The van der Waals surface area contributed by atoms with E-state index < -0.39 is 6.10 Å². The van der Waals surface area contributed by atoms with Gasteiger partial charge in [-0.1, -0.05) is 22.0 Å². The predicted octanol–water partition coefficient (Wildman–Crippen LogP) is 2.46. The molecule has 2 rings (SSSR count). The van der Waals surface area contributed by atoms with E-state index in [-0.39, 0.29) is 6.61 Å². The minimum absolute atomic E-state index is 0.173. The number of hydrogen-bond donors (Lipinski definition) is 2. The minimum Gasteiger partial charge on any atom is -0.395 e. The van der Waals surface area contributed by atoms with Crippen LogP contribution in [0.4, 0.5) is 5.69 Å². The van der Waals surface area contributed by atoms with Crippen LogP contribution in [0, 0.1) is 0 Å². The Kier molecular flexibility index (Phi) is 4.07. The van der Waals surface area contributed by atoms with E-state index in [2.05, 4.69) is 20.8 Å². The number of nitrogens with zero attached hydrogens (tertiary/aromatic N) is 1. The normalized spacial score (nSPS) is 16.9. The Bertz CT molecular complexity index is 391. The summed E-state index contributed by atoms with van der Waals surface area (Å²) in [4.78, 5) is 2.23. The first-order valence-electron chi connectivity index (χ1n) is 5.98. The molecule has 0 saturated heterocycles. The van der Waals surface area contributed by atoms with E-state index in [0.29, 0.717) is 12.6 Å². The maximum Gasteiger partial charge on any atom is 0.0772 e. The second-order valence-electron chi connectivity index (χ2n) is 4.53. The first kappa shape index (κ1) is 12.9. The minimum atomic E-state index is -0.467. The van der Waals surface area contributed by atoms with Crippen molar-refractivity contribution in [3.63, 3.8) is 0 Å². The van der Waals surface area contributed by atoms with Gasteiger partial charge in [-0.2, -0.15) is 0 Å². The zero-order chi connectivity index (χ0) is 12.4. The summed E-state index contributed by atoms with van der Waals surface area (Å²) in [7, 11) is 0. The van der Waals surface area contributed by atoms with Crippen LogP contribution >= 0.6 is 15.9 Å². The fourth-order valence-corrected chi connectivity index (χ4v) is 2.75. The molecule has 0 bridgehead atoms. The third-order valence-corrected chi connectivity index (χ3v) is 3.78. The van der Waals surface area contributed by atoms with E-state index in [0.717, 1.165) is 15.7 Å². The maximum atomic E-state index is 9.58. The van der Waals surface area contributed by atoms with E-state index in [1.165, 1.54) is 12.8 Å². The number of aliphatic hydroxyl groups is 2. The lowest BCUT2D eigenvalue weighted by molar-refractivity contribution is 0.198. The summed E-state index contributed by atoms with van der Waals surface area (Å²) in [5.41, 5.74) is 2.01. The summed E-state index contributed by atoms with van der Waals surface area (Å²) in [6.07, 6.45) is 1.94. The van der Waals surface area contributed by atoms with Crippen molar-refractivity contribution in [3.05, 3.63) is 28.2 Å². The largest absolute Gasteiger partial charge is 0.395 e. The average Bonchev–Trinajstić information content (AvgIpc) is 3.09. The lowest BCUT2D eigenvalue weighted by Crippen LogP contribution is -2.28. The Balaban J connectivity index is 2.22. The number of halogens is 1. The standard InChI is InChI=1S/C13H18BrNO2/c1-9(17)12-5-4-11(8-13(12)14)15(6-7-16)10-2-3-10/h4-5,8-10,16-17H,2-3,6-7H2,1H3/t9-/m1/s1. The lowest BCUT2D eigenvalue weighted by Gasteiger charge is -2.24. The molecule has 17 heavy (non-hydrogen) atoms. The van der Waals surface area contributed by atoms with Gasteiger partial charge in [-0.15, -0.1) is 0 Å². The second-order valence-corrected chi connectivity index (χ2v) is 5.38. The fourth-order valence-electron chi connectivity index (χ4n) is 2.05. The van der Waals surface area contributed by atoms with Crippen LogP contribution in [0.15, 0.2) is 22.7 Å². The maximum absolute atomic E-state index is 9.58. The van der Waals surface area contributed by atoms with Crippen LogP contribution in [0.2, 0.25) is 0 Å². The number of rotatable bonds is 5. The van der Waals surface area contributed by atoms with Gasteiger partial charge in [0, 0.05) is 22.7 Å². The van der Waals surface area contributed by atoms with Crippen molar-refractivity contribution in [1.82, 2.24) is 0 Å². The third-order valence-electron chi connectivity index (χ3n) is 3.09. The van der Waals surface area contributed by atoms with Crippen molar-refractivity contribution < 1.29 is 10.2 Å². The second kappa shape index (κ2) is 5.38. The summed E-state index contributed by atoms with van der Waals surface area (Å²) in [6.45, 7) is 2.60. The number of hydrogen-bond acceptors (Lipinski definition) is 3. The first-order valence-corrected chi connectivity index (χ1v) is 6.77. The molecule has 94 valence electrons. The molecular weight excluding hydrogens is 282 g/mol. The van der Waals surface area contributed by atoms with Crippen LogP contribution in [0.1, 0.15) is 31.4 Å². The van der Waals surface area contributed by atoms with Crippen LogP contribution < -0.4 is 4.90 Å². The van der Waals surface area contributed by atoms with Gasteiger partial charge in [0.05, 0.1) is 12.7 Å². The summed E-state index contributed by atoms with van der Waals surface area (Å²) in [6, 6.07) is 6.56. The van der Waals surface area contributed by atoms with Crippen molar-refractivity contribution in [3.8, 4) is 0 Å². The molecule has 2 N–H and O–H groups in total. The van der Waals surface area contributed by atoms with E-state index >= 15 is 0 Å². The highest BCUT2D eigenvalue weighted by atomic mass is 79.9. The molecule has 0 heterocycles. The van der Waals surface area contributed by atoms with Crippen LogP contribution in [-0.2, 0) is 0 Å². The fraction of sp³-hybridized carbons (Fsp3) is 0.538. The molecular formula is C13H18BrNO2. The summed E-state index contributed by atoms with van der Waals surface area (Å²) in [5, 5.41) is 18.7. The average molecular weight is 300 g/mol. The quantitative estimate of drug-likeness (QED) is 0.878. The van der Waals surface area contributed by atoms with Crippen LogP contribution in [0.25, 0.3) is 0 Å². The van der Waals surface area contributed by atoms with Gasteiger partial charge in [0.25, 0.3) is 0 Å². The molecule has 1 saturated carbocycles. The van der Waals surface area contributed by atoms with Gasteiger partial charge in [0.1, 0.15) is 0 Å². The van der Waals surface area contributed by atoms with Gasteiger partial charge >= 0.3 is 0 Å². The molecule has 1 fully saturated rings. The molecule has 4 heteroatoms. The number of anilines is 1. The van der Waals surface area contributed by atoms with Crippen molar-refractivity contribution >= 4 is 21.6 Å². The highest BCUT2D eigenvalue weighted by Gasteiger charge is 2.29. The third kappa shape index (κ3) is 3.00. The highest BCUT2D eigenvalue weighted by molar-refractivity contribution is 9.10. The Morgan fingerprint density at radius 1 is 1.47 bits per heavy atom. The van der Waals surface area contributed by atoms with E-state index in [1.54, 1.807) is 6.92 Å². The van der Waals surface area contributed by atoms with Crippen molar-refractivity contribution in [2.24, 2.45) is 0 Å². The van der Waals surface area contributed by atoms with Crippen LogP contribution in [0.3, 0.4) is 0 Å². The molecule has 1 atom stereocenters. The monoisotopic (exact) mass is 299 g/mol. The predicted molar refractivity (Wildman–Crippen MR) is 72.2 cm³/mol. The Morgan fingerprint density at radius 3 is 2.65 bits per heavy atom. The van der Waals surface area contributed by atoms with E-state index in [1.807, 2.05) is 18.2 Å². The van der Waals surface area contributed by atoms with Crippen molar-refractivity contribution in [1.29, 1.82) is 0 Å². The van der Waals surface area contributed by atoms with E-state index in [4.69, 9.17) is 5.11 Å². The topological polar surface area (TPSA) is 43.7 Å². The highest BCUT2D eigenvalue weighted by Crippen LogP contribution is 2.34. The number of aliphatic hydroxyl groups excluding tert-OH is 2. The lowest BCUT2D eigenvalue weighted by atomic mass is 10.1. The molecule has 0 aromatic heterocycles. The molecule has 1 aliphatic rings. The zero-order valence-electron chi connectivity index (χ0n) is 9.93. The van der Waals surface area contributed by atoms with Gasteiger partial charge in [-0.3, -0.25) is 0 Å². The van der Waals surface area contributed by atoms with Crippen molar-refractivity contribution in [2.75, 3.05) is 18.1 Å². The Hall–Kier alpha value is -0.580. The molecule has 0 spiro atoms. The van der Waals surface area contributed by atoms with Gasteiger partial charge in [0.15, 0.2) is 0 Å². The first-order chi connectivity index (χ1) is 8.13. The molecule has 3 nitrogen and oxygen atoms in total. The molecule has 0 aliphatic heterocycles. The van der Waals surface area contributed by atoms with E-state index in [9.17, 15) is 5.11 Å². The summed E-state index contributed by atoms with van der Waals surface area (Å²) < 4.78 is 0.925.